The number of hydrogen-bond acceptors (Lipinski definition) is 3. The van der Waals surface area contributed by atoms with Crippen LogP contribution in [0, 0.1) is 0 Å². The van der Waals surface area contributed by atoms with E-state index in [1.807, 2.05) is 29.2 Å². The molecule has 0 unspecified atom stereocenters. The van der Waals surface area contributed by atoms with Crippen molar-refractivity contribution < 1.29 is 18.0 Å². The molecule has 192 valence electrons. The van der Waals surface area contributed by atoms with Crippen LogP contribution in [0.25, 0.3) is 6.08 Å². The number of benzene rings is 2. The number of piperidine rings is 1. The average molecular weight is 546 g/mol. The molecule has 2 aromatic carbocycles. The number of nitrogens with zero attached hydrogens (tertiary/aromatic N) is 3. The van der Waals surface area contributed by atoms with Crippen molar-refractivity contribution in [3.8, 4) is 0 Å². The van der Waals surface area contributed by atoms with Gasteiger partial charge in [-0.05, 0) is 79.5 Å². The minimum atomic E-state index is -4.33. The molecule has 0 atom stereocenters. The molecule has 0 N–H and O–H groups in total. The summed E-state index contributed by atoms with van der Waals surface area (Å²) in [5.41, 5.74) is 2.34. The zero-order valence-corrected chi connectivity index (χ0v) is 21.3. The number of fused-ring (bicyclic) bond motifs is 2. The lowest BCUT2D eigenvalue weighted by molar-refractivity contribution is -0.137. The Morgan fingerprint density at radius 2 is 1.76 bits per heavy atom. The highest BCUT2D eigenvalue weighted by molar-refractivity contribution is 6.31. The van der Waals surface area contributed by atoms with Gasteiger partial charge in [0, 0.05) is 41.0 Å². The molecule has 4 nitrogen and oxygen atoms in total. The summed E-state index contributed by atoms with van der Waals surface area (Å²) in [5.74, 6) is -0.119. The Morgan fingerprint density at radius 1 is 1.03 bits per heavy atom. The summed E-state index contributed by atoms with van der Waals surface area (Å²) in [7, 11) is 0. The lowest BCUT2D eigenvalue weighted by Gasteiger charge is -2.39. The minimum Gasteiger partial charge on any atom is -0.307 e. The standard InChI is InChI=1S/C28H24Cl2F3N3O/c29-22-7-8-24-23(17-22)27(18-36(24)26(37)20-9-12-34-25(30)16-20)10-14-35(15-11-27)13-1-2-19-3-5-21(6-4-19)28(31,32)33/h1-9,12,16-17H,10-11,13-15,18H2/b2-1+. The second-order valence-electron chi connectivity index (χ2n) is 9.52. The highest BCUT2D eigenvalue weighted by Gasteiger charge is 2.46. The van der Waals surface area contributed by atoms with E-state index in [0.29, 0.717) is 23.7 Å². The van der Waals surface area contributed by atoms with Crippen molar-refractivity contribution in [3.63, 3.8) is 0 Å². The Morgan fingerprint density at radius 3 is 2.43 bits per heavy atom. The van der Waals surface area contributed by atoms with Crippen molar-refractivity contribution in [1.29, 1.82) is 0 Å². The fourth-order valence-corrected chi connectivity index (χ4v) is 5.57. The molecule has 1 amide bonds. The number of aromatic nitrogens is 1. The second-order valence-corrected chi connectivity index (χ2v) is 10.3. The fourth-order valence-electron chi connectivity index (χ4n) is 5.23. The van der Waals surface area contributed by atoms with E-state index in [1.165, 1.54) is 18.3 Å². The molecule has 1 spiro atoms. The van der Waals surface area contributed by atoms with Crippen LogP contribution in [-0.4, -0.2) is 42.0 Å². The average Bonchev–Trinajstić information content (AvgIpc) is 3.17. The predicted octanol–water partition coefficient (Wildman–Crippen LogP) is 7.11. The molecule has 0 bridgehead atoms. The molecule has 5 rings (SSSR count). The molecule has 0 aliphatic carbocycles. The Balaban J connectivity index is 1.27. The van der Waals surface area contributed by atoms with E-state index >= 15 is 0 Å². The minimum absolute atomic E-state index is 0.119. The van der Waals surface area contributed by atoms with Gasteiger partial charge in [0.2, 0.25) is 0 Å². The molecule has 0 radical (unpaired) electrons. The highest BCUT2D eigenvalue weighted by Crippen LogP contribution is 2.48. The van der Waals surface area contributed by atoms with Crippen molar-refractivity contribution in [2.45, 2.75) is 24.4 Å². The van der Waals surface area contributed by atoms with Crippen LogP contribution in [0.2, 0.25) is 10.2 Å². The van der Waals surface area contributed by atoms with Gasteiger partial charge in [0.15, 0.2) is 0 Å². The lowest BCUT2D eigenvalue weighted by atomic mass is 9.74. The number of hydrogen-bond donors (Lipinski definition) is 0. The van der Waals surface area contributed by atoms with E-state index in [4.69, 9.17) is 23.2 Å². The summed E-state index contributed by atoms with van der Waals surface area (Å²) in [6, 6.07) is 14.1. The van der Waals surface area contributed by atoms with Gasteiger partial charge in [0.05, 0.1) is 5.56 Å². The maximum absolute atomic E-state index is 13.4. The predicted molar refractivity (Wildman–Crippen MR) is 140 cm³/mol. The van der Waals surface area contributed by atoms with E-state index in [1.54, 1.807) is 18.2 Å². The van der Waals surface area contributed by atoms with E-state index in [9.17, 15) is 18.0 Å². The van der Waals surface area contributed by atoms with E-state index < -0.39 is 11.7 Å². The Kier molecular flexibility index (Phi) is 7.05. The number of carbonyl (C=O) groups is 1. The van der Waals surface area contributed by atoms with Gasteiger partial charge in [0.1, 0.15) is 5.15 Å². The Labute approximate surface area is 223 Å². The number of anilines is 1. The van der Waals surface area contributed by atoms with Crippen molar-refractivity contribution in [2.75, 3.05) is 31.1 Å². The van der Waals surface area contributed by atoms with Crippen molar-refractivity contribution >= 4 is 40.9 Å². The Hall–Kier alpha value is -2.87. The van der Waals surface area contributed by atoms with E-state index in [-0.39, 0.29) is 16.5 Å². The third-order valence-electron chi connectivity index (χ3n) is 7.23. The van der Waals surface area contributed by atoms with Gasteiger partial charge in [0.25, 0.3) is 5.91 Å². The van der Waals surface area contributed by atoms with Gasteiger partial charge in [-0.15, -0.1) is 0 Å². The highest BCUT2D eigenvalue weighted by atomic mass is 35.5. The van der Waals surface area contributed by atoms with Crippen LogP contribution in [-0.2, 0) is 11.6 Å². The van der Waals surface area contributed by atoms with Crippen molar-refractivity contribution in [2.24, 2.45) is 0 Å². The summed E-state index contributed by atoms with van der Waals surface area (Å²) in [6.45, 7) is 2.91. The van der Waals surface area contributed by atoms with Crippen molar-refractivity contribution in [3.05, 3.63) is 99.3 Å². The van der Waals surface area contributed by atoms with Gasteiger partial charge < -0.3 is 4.90 Å². The topological polar surface area (TPSA) is 36.4 Å². The van der Waals surface area contributed by atoms with E-state index in [0.717, 1.165) is 54.9 Å². The van der Waals surface area contributed by atoms with Gasteiger partial charge in [-0.2, -0.15) is 13.2 Å². The number of carbonyl (C=O) groups excluding carboxylic acids is 1. The largest absolute Gasteiger partial charge is 0.416 e. The second kappa shape index (κ2) is 10.1. The third kappa shape index (κ3) is 5.40. The summed E-state index contributed by atoms with van der Waals surface area (Å²) in [5, 5.41) is 0.912. The molecular weight excluding hydrogens is 522 g/mol. The number of likely N-dealkylation sites (tertiary alicyclic amines) is 1. The molecular formula is C28H24Cl2F3N3O. The number of amides is 1. The first-order chi connectivity index (χ1) is 17.6. The molecule has 2 aliphatic rings. The smallest absolute Gasteiger partial charge is 0.307 e. The third-order valence-corrected chi connectivity index (χ3v) is 7.67. The zero-order valence-electron chi connectivity index (χ0n) is 19.8. The molecule has 0 saturated carbocycles. The van der Waals surface area contributed by atoms with Gasteiger partial charge >= 0.3 is 6.18 Å². The summed E-state index contributed by atoms with van der Waals surface area (Å²) < 4.78 is 38.3. The maximum Gasteiger partial charge on any atom is 0.416 e. The lowest BCUT2D eigenvalue weighted by Crippen LogP contribution is -2.46. The quantitative estimate of drug-likeness (QED) is 0.327. The van der Waals surface area contributed by atoms with Crippen LogP contribution in [0.5, 0.6) is 0 Å². The molecule has 3 aromatic rings. The van der Waals surface area contributed by atoms with Gasteiger partial charge in [-0.1, -0.05) is 47.5 Å². The molecule has 1 fully saturated rings. The van der Waals surface area contributed by atoms with Crippen LogP contribution < -0.4 is 4.90 Å². The summed E-state index contributed by atoms with van der Waals surface area (Å²) in [6.07, 6.45) is 2.73. The first kappa shape index (κ1) is 25.8. The normalized spacial score (nSPS) is 17.5. The molecule has 1 aromatic heterocycles. The molecule has 2 aliphatic heterocycles. The van der Waals surface area contributed by atoms with Crippen LogP contribution in [0.3, 0.4) is 0 Å². The first-order valence-electron chi connectivity index (χ1n) is 11.9. The monoisotopic (exact) mass is 545 g/mol. The van der Waals surface area contributed by atoms with Gasteiger partial charge in [-0.3, -0.25) is 9.69 Å². The maximum atomic E-state index is 13.4. The SMILES string of the molecule is O=C(c1ccnc(Cl)c1)N1CC2(CCN(C/C=C/c3ccc(C(F)(F)F)cc3)CC2)c2cc(Cl)ccc21. The van der Waals surface area contributed by atoms with Gasteiger partial charge in [-0.25, -0.2) is 4.98 Å². The molecule has 37 heavy (non-hydrogen) atoms. The van der Waals surface area contributed by atoms with Crippen LogP contribution in [0.15, 0.2) is 66.9 Å². The molecule has 3 heterocycles. The zero-order chi connectivity index (χ0) is 26.2. The van der Waals surface area contributed by atoms with E-state index in [2.05, 4.69) is 9.88 Å². The summed E-state index contributed by atoms with van der Waals surface area (Å²) >= 11 is 12.4. The van der Waals surface area contributed by atoms with Crippen LogP contribution in [0.1, 0.15) is 39.9 Å². The fraction of sp³-hybridized carbons (Fsp3) is 0.286. The number of alkyl halides is 3. The van der Waals surface area contributed by atoms with Crippen molar-refractivity contribution in [1.82, 2.24) is 9.88 Å². The Bertz CT molecular complexity index is 1330. The number of pyridine rings is 1. The first-order valence-corrected chi connectivity index (χ1v) is 12.7. The number of halogens is 5. The molecule has 1 saturated heterocycles. The summed E-state index contributed by atoms with van der Waals surface area (Å²) in [4.78, 5) is 21.5. The molecule has 9 heteroatoms. The van der Waals surface area contributed by atoms with Crippen LogP contribution in [0.4, 0.5) is 18.9 Å². The number of rotatable bonds is 4. The van der Waals surface area contributed by atoms with Crippen LogP contribution >= 0.6 is 23.2 Å².